The second-order valence-electron chi connectivity index (χ2n) is 5.97. The second kappa shape index (κ2) is 6.70. The van der Waals surface area contributed by atoms with Gasteiger partial charge in [0.1, 0.15) is 5.75 Å². The molecule has 3 rings (SSSR count). The zero-order valence-corrected chi connectivity index (χ0v) is 14.2. The fraction of sp³-hybridized carbons (Fsp3) is 0.500. The molecule has 1 aromatic heterocycles. The molecule has 2 aromatic rings. The fourth-order valence-electron chi connectivity index (χ4n) is 2.38. The summed E-state index contributed by atoms with van der Waals surface area (Å²) in [7, 11) is -2.07. The Morgan fingerprint density at radius 2 is 2.13 bits per heavy atom. The Bertz CT molecular complexity index is 779. The van der Waals surface area contributed by atoms with E-state index in [9.17, 15) is 4.21 Å². The van der Waals surface area contributed by atoms with Crippen molar-refractivity contribution in [2.45, 2.75) is 39.2 Å². The Morgan fingerprint density at radius 3 is 2.83 bits per heavy atom. The summed E-state index contributed by atoms with van der Waals surface area (Å²) < 4.78 is 27.7. The maximum atomic E-state index is 12.5. The van der Waals surface area contributed by atoms with Crippen LogP contribution in [0.25, 0.3) is 0 Å². The predicted molar refractivity (Wildman–Crippen MR) is 88.4 cm³/mol. The lowest BCUT2D eigenvalue weighted by molar-refractivity contribution is 0.284. The first-order chi connectivity index (χ1) is 11.0. The number of aromatic nitrogens is 2. The fourth-order valence-corrected chi connectivity index (χ4v) is 4.57. The van der Waals surface area contributed by atoms with Gasteiger partial charge in [-0.05, 0) is 25.0 Å². The van der Waals surface area contributed by atoms with Crippen LogP contribution >= 0.6 is 0 Å². The zero-order valence-electron chi connectivity index (χ0n) is 13.4. The van der Waals surface area contributed by atoms with Gasteiger partial charge in [-0.3, -0.25) is 0 Å². The molecule has 0 bridgehead atoms. The highest BCUT2D eigenvalue weighted by atomic mass is 32.2. The molecule has 0 aliphatic carbocycles. The third-order valence-corrected chi connectivity index (χ3v) is 6.01. The SMILES string of the molecule is CC(C)c1nc(COc2cccc(N=S3(=O)CCCC3)c2)no1. The molecule has 1 saturated heterocycles. The highest BCUT2D eigenvalue weighted by molar-refractivity contribution is 7.93. The summed E-state index contributed by atoms with van der Waals surface area (Å²) in [5.74, 6) is 3.35. The molecular formula is C16H21N3O3S. The highest BCUT2D eigenvalue weighted by Crippen LogP contribution is 2.25. The van der Waals surface area contributed by atoms with Crippen LogP contribution in [-0.4, -0.2) is 25.9 Å². The Morgan fingerprint density at radius 1 is 1.35 bits per heavy atom. The van der Waals surface area contributed by atoms with Gasteiger partial charge in [0.05, 0.1) is 15.4 Å². The lowest BCUT2D eigenvalue weighted by Crippen LogP contribution is -2.00. The number of benzene rings is 1. The number of hydrogen-bond donors (Lipinski definition) is 0. The van der Waals surface area contributed by atoms with E-state index in [0.29, 0.717) is 34.7 Å². The molecule has 0 atom stereocenters. The summed E-state index contributed by atoms with van der Waals surface area (Å²) in [4.78, 5) is 4.27. The smallest absolute Gasteiger partial charge is 0.229 e. The molecule has 2 heterocycles. The minimum Gasteiger partial charge on any atom is -0.485 e. The summed E-state index contributed by atoms with van der Waals surface area (Å²) in [6, 6.07) is 7.34. The Labute approximate surface area is 136 Å². The van der Waals surface area contributed by atoms with Gasteiger partial charge in [-0.2, -0.15) is 9.35 Å². The molecule has 23 heavy (non-hydrogen) atoms. The molecule has 1 fully saturated rings. The third-order valence-electron chi connectivity index (χ3n) is 3.61. The van der Waals surface area contributed by atoms with Crippen molar-refractivity contribution in [3.63, 3.8) is 0 Å². The van der Waals surface area contributed by atoms with Gasteiger partial charge in [0.15, 0.2) is 6.61 Å². The molecule has 0 radical (unpaired) electrons. The second-order valence-corrected chi connectivity index (χ2v) is 8.51. The minimum atomic E-state index is -2.07. The van der Waals surface area contributed by atoms with E-state index in [1.54, 1.807) is 6.07 Å². The molecule has 0 amide bonds. The van der Waals surface area contributed by atoms with Crippen molar-refractivity contribution in [1.29, 1.82) is 0 Å². The van der Waals surface area contributed by atoms with Crippen molar-refractivity contribution in [2.24, 2.45) is 4.36 Å². The van der Waals surface area contributed by atoms with E-state index in [2.05, 4.69) is 14.5 Å². The number of nitrogens with zero attached hydrogens (tertiary/aromatic N) is 3. The van der Waals surface area contributed by atoms with E-state index >= 15 is 0 Å². The van der Waals surface area contributed by atoms with Crippen molar-refractivity contribution in [1.82, 2.24) is 10.1 Å². The maximum Gasteiger partial charge on any atom is 0.229 e. The zero-order chi connectivity index (χ0) is 16.3. The molecule has 0 saturated carbocycles. The average molecular weight is 335 g/mol. The molecule has 7 heteroatoms. The van der Waals surface area contributed by atoms with E-state index in [4.69, 9.17) is 9.26 Å². The van der Waals surface area contributed by atoms with Crippen molar-refractivity contribution >= 4 is 15.4 Å². The highest BCUT2D eigenvalue weighted by Gasteiger charge is 2.16. The lowest BCUT2D eigenvalue weighted by atomic mass is 10.2. The van der Waals surface area contributed by atoms with Crippen molar-refractivity contribution in [3.05, 3.63) is 36.0 Å². The van der Waals surface area contributed by atoms with E-state index in [1.165, 1.54) is 0 Å². The number of rotatable bonds is 5. The van der Waals surface area contributed by atoms with Gasteiger partial charge in [0.2, 0.25) is 11.7 Å². The van der Waals surface area contributed by atoms with Crippen molar-refractivity contribution < 1.29 is 13.5 Å². The largest absolute Gasteiger partial charge is 0.485 e. The summed E-state index contributed by atoms with van der Waals surface area (Å²) in [5.41, 5.74) is 0.699. The van der Waals surface area contributed by atoms with Crippen LogP contribution in [0.1, 0.15) is 44.3 Å². The van der Waals surface area contributed by atoms with Gasteiger partial charge in [-0.15, -0.1) is 0 Å². The van der Waals surface area contributed by atoms with Crippen LogP contribution in [-0.2, 0) is 16.3 Å². The summed E-state index contributed by atoms with van der Waals surface area (Å²) in [5, 5.41) is 3.89. The van der Waals surface area contributed by atoms with Gasteiger partial charge < -0.3 is 9.26 Å². The first-order valence-corrected chi connectivity index (χ1v) is 9.67. The number of ether oxygens (including phenoxy) is 1. The van der Waals surface area contributed by atoms with Crippen LogP contribution in [0.3, 0.4) is 0 Å². The molecule has 124 valence electrons. The minimum absolute atomic E-state index is 0.195. The molecule has 1 aliphatic rings. The normalized spacial score (nSPS) is 16.7. The summed E-state index contributed by atoms with van der Waals surface area (Å²) in [6.07, 6.45) is 1.99. The standard InChI is InChI=1S/C16H21N3O3S/c1-12(2)16-17-15(18-22-16)11-21-14-7-5-6-13(10-14)19-23(20)8-3-4-9-23/h5-7,10,12H,3-4,8-9,11H2,1-2H3. The maximum absolute atomic E-state index is 12.5. The molecule has 0 N–H and O–H groups in total. The van der Waals surface area contributed by atoms with E-state index < -0.39 is 9.73 Å². The van der Waals surface area contributed by atoms with E-state index in [-0.39, 0.29) is 12.5 Å². The van der Waals surface area contributed by atoms with E-state index in [1.807, 2.05) is 32.0 Å². The first kappa shape index (κ1) is 16.0. The van der Waals surface area contributed by atoms with Crippen LogP contribution in [0, 0.1) is 0 Å². The van der Waals surface area contributed by atoms with Gasteiger partial charge >= 0.3 is 0 Å². The van der Waals surface area contributed by atoms with Crippen molar-refractivity contribution in [3.8, 4) is 5.75 Å². The monoisotopic (exact) mass is 335 g/mol. The van der Waals surface area contributed by atoms with Crippen LogP contribution in [0.15, 0.2) is 33.2 Å². The Balaban J connectivity index is 1.69. The predicted octanol–water partition coefficient (Wildman–Crippen LogP) is 3.67. The van der Waals surface area contributed by atoms with Crippen LogP contribution < -0.4 is 4.74 Å². The van der Waals surface area contributed by atoms with Crippen LogP contribution in [0.5, 0.6) is 5.75 Å². The van der Waals surface area contributed by atoms with E-state index in [0.717, 1.165) is 12.8 Å². The third kappa shape index (κ3) is 4.10. The molecule has 0 spiro atoms. The Kier molecular flexibility index (Phi) is 4.66. The van der Waals surface area contributed by atoms with Gasteiger partial charge in [0.25, 0.3) is 0 Å². The van der Waals surface area contributed by atoms with Gasteiger partial charge in [-0.25, -0.2) is 4.21 Å². The molecule has 1 aliphatic heterocycles. The van der Waals surface area contributed by atoms with Gasteiger partial charge in [0, 0.05) is 23.5 Å². The topological polar surface area (TPSA) is 77.6 Å². The Hall–Kier alpha value is -1.89. The molecule has 0 unspecified atom stereocenters. The number of hydrogen-bond acceptors (Lipinski definition) is 6. The lowest BCUT2D eigenvalue weighted by Gasteiger charge is -2.05. The van der Waals surface area contributed by atoms with Crippen molar-refractivity contribution in [2.75, 3.05) is 11.5 Å². The summed E-state index contributed by atoms with van der Waals surface area (Å²) >= 11 is 0. The molecule has 6 nitrogen and oxygen atoms in total. The van der Waals surface area contributed by atoms with Crippen LogP contribution in [0.2, 0.25) is 0 Å². The molecular weight excluding hydrogens is 314 g/mol. The first-order valence-electron chi connectivity index (χ1n) is 7.82. The summed E-state index contributed by atoms with van der Waals surface area (Å²) in [6.45, 7) is 4.22. The van der Waals surface area contributed by atoms with Crippen LogP contribution in [0.4, 0.5) is 5.69 Å². The average Bonchev–Trinajstić information content (AvgIpc) is 3.15. The molecule has 1 aromatic carbocycles. The quantitative estimate of drug-likeness (QED) is 0.833. The van der Waals surface area contributed by atoms with Gasteiger partial charge in [-0.1, -0.05) is 25.1 Å².